The Bertz CT molecular complexity index is 397. The van der Waals surface area contributed by atoms with Crippen LogP contribution < -0.4 is 0 Å². The van der Waals surface area contributed by atoms with Crippen LogP contribution in [0.2, 0.25) is 0 Å². The Morgan fingerprint density at radius 3 is 2.10 bits per heavy atom. The average molecular weight is 297 g/mol. The number of ketones is 2. The van der Waals surface area contributed by atoms with E-state index in [9.17, 15) is 14.4 Å². The summed E-state index contributed by atoms with van der Waals surface area (Å²) >= 11 is 0. The van der Waals surface area contributed by atoms with Crippen LogP contribution in [-0.2, 0) is 14.3 Å². The number of likely N-dealkylation sites (tertiary alicyclic amines) is 1. The molecule has 0 radical (unpaired) electrons. The smallest absolute Gasteiger partial charge is 0.410 e. The van der Waals surface area contributed by atoms with Crippen molar-refractivity contribution in [2.24, 2.45) is 5.92 Å². The van der Waals surface area contributed by atoms with Gasteiger partial charge in [-0.2, -0.15) is 0 Å². The molecule has 0 aromatic carbocycles. The molecular formula is C16H27NO4. The predicted octanol–water partition coefficient (Wildman–Crippen LogP) is 2.96. The van der Waals surface area contributed by atoms with Gasteiger partial charge in [0.15, 0.2) is 0 Å². The van der Waals surface area contributed by atoms with Gasteiger partial charge in [0.1, 0.15) is 17.2 Å². The molecule has 120 valence electrons. The van der Waals surface area contributed by atoms with E-state index in [2.05, 4.69) is 0 Å². The van der Waals surface area contributed by atoms with Gasteiger partial charge in [-0.25, -0.2) is 4.79 Å². The van der Waals surface area contributed by atoms with Crippen molar-refractivity contribution < 1.29 is 19.1 Å². The van der Waals surface area contributed by atoms with Crippen LogP contribution in [0.1, 0.15) is 60.3 Å². The molecule has 1 rings (SSSR count). The number of hydrogen-bond donors (Lipinski definition) is 0. The topological polar surface area (TPSA) is 63.7 Å². The molecule has 1 fully saturated rings. The molecule has 0 aromatic heterocycles. The summed E-state index contributed by atoms with van der Waals surface area (Å²) in [6.45, 7) is 8.81. The molecule has 1 heterocycles. The number of ether oxygens (including phenoxy) is 1. The first kappa shape index (κ1) is 17.7. The second-order valence-electron chi connectivity index (χ2n) is 6.79. The van der Waals surface area contributed by atoms with Crippen LogP contribution in [0.15, 0.2) is 0 Å². The zero-order valence-electron chi connectivity index (χ0n) is 13.8. The standard InChI is InChI=1S/C16H27NO4/c1-11(18)14(12(2)19)13-9-7-6-8-10-17(13)15(20)21-16(3,4)5/h13-14H,6-10H2,1-5H3/t13-/m0/s1. The lowest BCUT2D eigenvalue weighted by Gasteiger charge is -2.35. The fourth-order valence-electron chi connectivity index (χ4n) is 2.86. The number of rotatable bonds is 3. The largest absolute Gasteiger partial charge is 0.444 e. The van der Waals surface area contributed by atoms with E-state index in [0.29, 0.717) is 13.0 Å². The van der Waals surface area contributed by atoms with Crippen molar-refractivity contribution in [3.8, 4) is 0 Å². The Hall–Kier alpha value is -1.39. The van der Waals surface area contributed by atoms with Gasteiger partial charge in [0, 0.05) is 6.54 Å². The van der Waals surface area contributed by atoms with E-state index in [1.165, 1.54) is 13.8 Å². The molecule has 5 nitrogen and oxygen atoms in total. The van der Waals surface area contributed by atoms with Crippen molar-refractivity contribution in [3.05, 3.63) is 0 Å². The van der Waals surface area contributed by atoms with Crippen LogP contribution in [-0.4, -0.2) is 40.7 Å². The summed E-state index contributed by atoms with van der Waals surface area (Å²) in [5, 5.41) is 0. The first-order valence-corrected chi connectivity index (χ1v) is 7.64. The molecule has 0 N–H and O–H groups in total. The van der Waals surface area contributed by atoms with E-state index in [1.54, 1.807) is 4.90 Å². The molecule has 0 saturated carbocycles. The summed E-state index contributed by atoms with van der Waals surface area (Å²) in [4.78, 5) is 37.7. The maximum absolute atomic E-state index is 12.4. The molecule has 1 amide bonds. The molecule has 1 aliphatic rings. The van der Waals surface area contributed by atoms with Crippen molar-refractivity contribution in [3.63, 3.8) is 0 Å². The zero-order valence-corrected chi connectivity index (χ0v) is 13.8. The maximum Gasteiger partial charge on any atom is 0.410 e. The molecule has 0 aromatic rings. The lowest BCUT2D eigenvalue weighted by Crippen LogP contribution is -2.49. The first-order chi connectivity index (χ1) is 9.63. The molecule has 21 heavy (non-hydrogen) atoms. The van der Waals surface area contributed by atoms with Gasteiger partial charge >= 0.3 is 6.09 Å². The van der Waals surface area contributed by atoms with Crippen LogP contribution in [0, 0.1) is 5.92 Å². The number of nitrogens with zero attached hydrogens (tertiary/aromatic N) is 1. The van der Waals surface area contributed by atoms with Crippen LogP contribution in [0.4, 0.5) is 4.79 Å². The summed E-state index contributed by atoms with van der Waals surface area (Å²) in [5.74, 6) is -1.10. The molecule has 0 bridgehead atoms. The van der Waals surface area contributed by atoms with E-state index >= 15 is 0 Å². The summed E-state index contributed by atoms with van der Waals surface area (Å²) < 4.78 is 5.44. The van der Waals surface area contributed by atoms with E-state index in [1.807, 2.05) is 20.8 Å². The minimum atomic E-state index is -0.740. The summed E-state index contributed by atoms with van der Waals surface area (Å²) in [7, 11) is 0. The molecule has 0 spiro atoms. The summed E-state index contributed by atoms with van der Waals surface area (Å²) in [6.07, 6.45) is 3.03. The van der Waals surface area contributed by atoms with Gasteiger partial charge in [-0.15, -0.1) is 0 Å². The Morgan fingerprint density at radius 2 is 1.62 bits per heavy atom. The van der Waals surface area contributed by atoms with E-state index in [0.717, 1.165) is 19.3 Å². The molecule has 0 unspecified atom stereocenters. The normalized spacial score (nSPS) is 20.1. The fourth-order valence-corrected chi connectivity index (χ4v) is 2.86. The molecule has 1 aliphatic heterocycles. The first-order valence-electron chi connectivity index (χ1n) is 7.64. The Kier molecular flexibility index (Phi) is 5.93. The van der Waals surface area contributed by atoms with Crippen LogP contribution in [0.3, 0.4) is 0 Å². The molecule has 1 atom stereocenters. The van der Waals surface area contributed by atoms with Gasteiger partial charge in [0.05, 0.1) is 12.0 Å². The van der Waals surface area contributed by atoms with E-state index < -0.39 is 17.6 Å². The highest BCUT2D eigenvalue weighted by Crippen LogP contribution is 2.26. The summed E-state index contributed by atoms with van der Waals surface area (Å²) in [6, 6.07) is -0.377. The van der Waals surface area contributed by atoms with Crippen LogP contribution >= 0.6 is 0 Å². The second-order valence-corrected chi connectivity index (χ2v) is 6.79. The summed E-state index contributed by atoms with van der Waals surface area (Å²) in [5.41, 5.74) is -0.587. The molecule has 5 heteroatoms. The van der Waals surface area contributed by atoms with Gasteiger partial charge in [-0.3, -0.25) is 9.59 Å². The van der Waals surface area contributed by atoms with Crippen molar-refractivity contribution in [1.29, 1.82) is 0 Å². The third-order valence-electron chi connectivity index (χ3n) is 3.69. The van der Waals surface area contributed by atoms with Crippen molar-refractivity contribution in [2.45, 2.75) is 71.9 Å². The monoisotopic (exact) mass is 297 g/mol. The lowest BCUT2D eigenvalue weighted by atomic mass is 9.88. The number of Topliss-reactive ketones (excluding diaryl/α,β-unsaturated/α-hetero) is 2. The third kappa shape index (κ3) is 5.14. The highest BCUT2D eigenvalue weighted by atomic mass is 16.6. The van der Waals surface area contributed by atoms with Crippen molar-refractivity contribution >= 4 is 17.7 Å². The van der Waals surface area contributed by atoms with Gasteiger partial charge in [-0.1, -0.05) is 12.8 Å². The number of carbonyl (C=O) groups excluding carboxylic acids is 3. The molecular weight excluding hydrogens is 270 g/mol. The Morgan fingerprint density at radius 1 is 1.05 bits per heavy atom. The minimum Gasteiger partial charge on any atom is -0.444 e. The predicted molar refractivity (Wildman–Crippen MR) is 80.0 cm³/mol. The highest BCUT2D eigenvalue weighted by molar-refractivity contribution is 6.01. The van der Waals surface area contributed by atoms with Crippen LogP contribution in [0.5, 0.6) is 0 Å². The number of hydrogen-bond acceptors (Lipinski definition) is 4. The zero-order chi connectivity index (χ0) is 16.2. The maximum atomic E-state index is 12.4. The van der Waals surface area contributed by atoms with E-state index in [4.69, 9.17) is 4.74 Å². The van der Waals surface area contributed by atoms with Crippen molar-refractivity contribution in [1.82, 2.24) is 4.90 Å². The molecule has 0 aliphatic carbocycles. The second kappa shape index (κ2) is 7.05. The van der Waals surface area contributed by atoms with Gasteiger partial charge in [-0.05, 0) is 47.5 Å². The van der Waals surface area contributed by atoms with Crippen LogP contribution in [0.25, 0.3) is 0 Å². The number of carbonyl (C=O) groups is 3. The van der Waals surface area contributed by atoms with E-state index in [-0.39, 0.29) is 17.6 Å². The SMILES string of the molecule is CC(=O)C(C(C)=O)[C@@H]1CCCCCN1C(=O)OC(C)(C)C. The number of amides is 1. The average Bonchev–Trinajstić information content (AvgIpc) is 2.51. The minimum absolute atomic E-state index is 0.178. The highest BCUT2D eigenvalue weighted by Gasteiger charge is 2.38. The van der Waals surface area contributed by atoms with Gasteiger partial charge < -0.3 is 9.64 Å². The quantitative estimate of drug-likeness (QED) is 0.751. The Labute approximate surface area is 127 Å². The van der Waals surface area contributed by atoms with Crippen molar-refractivity contribution in [2.75, 3.05) is 6.54 Å². The van der Waals surface area contributed by atoms with Gasteiger partial charge in [0.2, 0.25) is 0 Å². The Balaban J connectivity index is 3.02. The molecule has 1 saturated heterocycles. The van der Waals surface area contributed by atoms with Gasteiger partial charge in [0.25, 0.3) is 0 Å². The lowest BCUT2D eigenvalue weighted by molar-refractivity contribution is -0.133. The fraction of sp³-hybridized carbons (Fsp3) is 0.812. The third-order valence-corrected chi connectivity index (χ3v) is 3.69.